The molecule has 1 aliphatic heterocycles. The molecule has 1 rings (SSSR count). The highest BCUT2D eigenvalue weighted by Crippen LogP contribution is 2.14. The number of carbonyl (C=O) groups is 1. The molecule has 0 spiro atoms. The van der Waals surface area contributed by atoms with Crippen molar-refractivity contribution in [3.05, 3.63) is 0 Å². The van der Waals surface area contributed by atoms with Gasteiger partial charge in [-0.1, -0.05) is 13.3 Å². The number of likely N-dealkylation sites (tertiary alicyclic amines) is 1. The van der Waals surface area contributed by atoms with Gasteiger partial charge in [-0.25, -0.2) is 0 Å². The summed E-state index contributed by atoms with van der Waals surface area (Å²) in [6, 6.07) is -0.311. The van der Waals surface area contributed by atoms with Gasteiger partial charge in [-0.3, -0.25) is 4.79 Å². The molecule has 4 nitrogen and oxygen atoms in total. The minimum atomic E-state index is -0.311. The standard InChI is InChI=1S/C12H24N2O2/c1-3-5-11(13)12(15)14-8-6-10(7-9-14)16-4-2/h10-11H,3-9,13H2,1-2H3/t11-/m1/s1. The van der Waals surface area contributed by atoms with Crippen LogP contribution in [0.3, 0.4) is 0 Å². The highest BCUT2D eigenvalue weighted by molar-refractivity contribution is 5.81. The number of nitrogens with two attached hydrogens (primary N) is 1. The van der Waals surface area contributed by atoms with Gasteiger partial charge in [0.25, 0.3) is 0 Å². The van der Waals surface area contributed by atoms with Crippen molar-refractivity contribution >= 4 is 5.91 Å². The molecule has 1 aliphatic rings. The lowest BCUT2D eigenvalue weighted by Gasteiger charge is -2.33. The number of hydrogen-bond acceptors (Lipinski definition) is 3. The van der Waals surface area contributed by atoms with E-state index < -0.39 is 0 Å². The smallest absolute Gasteiger partial charge is 0.239 e. The van der Waals surface area contributed by atoms with E-state index in [2.05, 4.69) is 6.92 Å². The van der Waals surface area contributed by atoms with Crippen LogP contribution in [0, 0.1) is 0 Å². The first kappa shape index (κ1) is 13.5. The second-order valence-electron chi connectivity index (χ2n) is 4.38. The fourth-order valence-corrected chi connectivity index (χ4v) is 2.15. The van der Waals surface area contributed by atoms with Crippen LogP contribution in [0.5, 0.6) is 0 Å². The van der Waals surface area contributed by atoms with E-state index in [0.717, 1.165) is 45.4 Å². The molecule has 1 atom stereocenters. The number of nitrogens with zero attached hydrogens (tertiary/aromatic N) is 1. The van der Waals surface area contributed by atoms with E-state index in [-0.39, 0.29) is 11.9 Å². The van der Waals surface area contributed by atoms with Crippen molar-refractivity contribution in [2.24, 2.45) is 5.73 Å². The molecule has 0 aromatic rings. The van der Waals surface area contributed by atoms with Crippen LogP contribution in [-0.4, -0.2) is 42.6 Å². The quantitative estimate of drug-likeness (QED) is 0.767. The SMILES string of the molecule is CCC[C@@H](N)C(=O)N1CCC(OCC)CC1. The molecule has 1 fully saturated rings. The van der Waals surface area contributed by atoms with Crippen molar-refractivity contribution in [3.8, 4) is 0 Å². The lowest BCUT2D eigenvalue weighted by Crippen LogP contribution is -2.48. The molecule has 1 heterocycles. The van der Waals surface area contributed by atoms with E-state index >= 15 is 0 Å². The molecule has 1 saturated heterocycles. The van der Waals surface area contributed by atoms with Gasteiger partial charge >= 0.3 is 0 Å². The molecule has 2 N–H and O–H groups in total. The Labute approximate surface area is 98.1 Å². The predicted molar refractivity (Wildman–Crippen MR) is 64.1 cm³/mol. The van der Waals surface area contributed by atoms with Crippen molar-refractivity contribution in [2.75, 3.05) is 19.7 Å². The van der Waals surface area contributed by atoms with Gasteiger partial charge in [0.15, 0.2) is 0 Å². The zero-order valence-corrected chi connectivity index (χ0v) is 10.4. The maximum absolute atomic E-state index is 11.9. The van der Waals surface area contributed by atoms with E-state index in [1.54, 1.807) is 0 Å². The average molecular weight is 228 g/mol. The minimum absolute atomic E-state index is 0.108. The Morgan fingerprint density at radius 2 is 2.06 bits per heavy atom. The van der Waals surface area contributed by atoms with Gasteiger partial charge in [0.05, 0.1) is 12.1 Å². The topological polar surface area (TPSA) is 55.6 Å². The van der Waals surface area contributed by atoms with Gasteiger partial charge in [0.1, 0.15) is 0 Å². The molecule has 4 heteroatoms. The second-order valence-corrected chi connectivity index (χ2v) is 4.38. The first-order valence-corrected chi connectivity index (χ1v) is 6.35. The van der Waals surface area contributed by atoms with E-state index in [1.807, 2.05) is 11.8 Å². The fourth-order valence-electron chi connectivity index (χ4n) is 2.15. The monoisotopic (exact) mass is 228 g/mol. The molecule has 94 valence electrons. The molecule has 0 aromatic heterocycles. The molecular weight excluding hydrogens is 204 g/mol. The van der Waals surface area contributed by atoms with Crippen molar-refractivity contribution < 1.29 is 9.53 Å². The molecule has 0 bridgehead atoms. The number of hydrogen-bond donors (Lipinski definition) is 1. The summed E-state index contributed by atoms with van der Waals surface area (Å²) in [6.45, 7) is 6.40. The third-order valence-electron chi connectivity index (χ3n) is 3.07. The van der Waals surface area contributed by atoms with Gasteiger partial charge in [-0.05, 0) is 26.2 Å². The van der Waals surface area contributed by atoms with Crippen molar-refractivity contribution in [2.45, 2.75) is 51.7 Å². The molecule has 16 heavy (non-hydrogen) atoms. The van der Waals surface area contributed by atoms with Crippen molar-refractivity contribution in [1.82, 2.24) is 4.90 Å². The summed E-state index contributed by atoms with van der Waals surface area (Å²) in [5.41, 5.74) is 5.83. The first-order chi connectivity index (χ1) is 7.69. The number of rotatable bonds is 5. The third kappa shape index (κ3) is 3.76. The lowest BCUT2D eigenvalue weighted by atomic mass is 10.1. The Morgan fingerprint density at radius 3 is 2.56 bits per heavy atom. The van der Waals surface area contributed by atoms with Crippen LogP contribution in [-0.2, 0) is 9.53 Å². The van der Waals surface area contributed by atoms with Crippen LogP contribution in [0.1, 0.15) is 39.5 Å². The van der Waals surface area contributed by atoms with Gasteiger partial charge in [0, 0.05) is 19.7 Å². The maximum atomic E-state index is 11.9. The first-order valence-electron chi connectivity index (χ1n) is 6.35. The number of ether oxygens (including phenoxy) is 1. The highest BCUT2D eigenvalue weighted by atomic mass is 16.5. The van der Waals surface area contributed by atoms with Crippen LogP contribution in [0.2, 0.25) is 0 Å². The molecule has 0 aliphatic carbocycles. The Morgan fingerprint density at radius 1 is 1.44 bits per heavy atom. The van der Waals surface area contributed by atoms with E-state index in [9.17, 15) is 4.79 Å². The van der Waals surface area contributed by atoms with Crippen molar-refractivity contribution in [1.29, 1.82) is 0 Å². The van der Waals surface area contributed by atoms with Crippen LogP contribution in [0.25, 0.3) is 0 Å². The summed E-state index contributed by atoms with van der Waals surface area (Å²) < 4.78 is 5.55. The number of piperidine rings is 1. The van der Waals surface area contributed by atoms with Crippen LogP contribution >= 0.6 is 0 Å². The largest absolute Gasteiger partial charge is 0.378 e. The Hall–Kier alpha value is -0.610. The molecule has 1 amide bonds. The molecule has 0 radical (unpaired) electrons. The van der Waals surface area contributed by atoms with Gasteiger partial charge in [0.2, 0.25) is 5.91 Å². The van der Waals surface area contributed by atoms with Gasteiger partial charge in [-0.15, -0.1) is 0 Å². The second kappa shape index (κ2) is 6.86. The van der Waals surface area contributed by atoms with Gasteiger partial charge < -0.3 is 15.4 Å². The summed E-state index contributed by atoms with van der Waals surface area (Å²) in [7, 11) is 0. The maximum Gasteiger partial charge on any atom is 0.239 e. The molecular formula is C12H24N2O2. The summed E-state index contributed by atoms with van der Waals surface area (Å²) >= 11 is 0. The normalized spacial score (nSPS) is 19.8. The van der Waals surface area contributed by atoms with Crippen LogP contribution in [0.15, 0.2) is 0 Å². The van der Waals surface area contributed by atoms with E-state index in [4.69, 9.17) is 10.5 Å². The van der Waals surface area contributed by atoms with Crippen LogP contribution in [0.4, 0.5) is 0 Å². The predicted octanol–water partition coefficient (Wildman–Crippen LogP) is 1.14. The zero-order valence-electron chi connectivity index (χ0n) is 10.4. The third-order valence-corrected chi connectivity index (χ3v) is 3.07. The number of carbonyl (C=O) groups excluding carboxylic acids is 1. The summed E-state index contributed by atoms with van der Waals surface area (Å²) in [6.07, 6.45) is 3.96. The van der Waals surface area contributed by atoms with E-state index in [1.165, 1.54) is 0 Å². The fraction of sp³-hybridized carbons (Fsp3) is 0.917. The average Bonchev–Trinajstić information content (AvgIpc) is 2.30. The van der Waals surface area contributed by atoms with E-state index in [0.29, 0.717) is 6.10 Å². The zero-order chi connectivity index (χ0) is 12.0. The molecule has 0 saturated carbocycles. The molecule has 0 unspecified atom stereocenters. The Balaban J connectivity index is 2.32. The Kier molecular flexibility index (Phi) is 5.77. The minimum Gasteiger partial charge on any atom is -0.378 e. The summed E-state index contributed by atoms with van der Waals surface area (Å²) in [5.74, 6) is 0.108. The lowest BCUT2D eigenvalue weighted by molar-refractivity contribution is -0.135. The van der Waals surface area contributed by atoms with Crippen LogP contribution < -0.4 is 5.73 Å². The summed E-state index contributed by atoms with van der Waals surface area (Å²) in [4.78, 5) is 13.8. The van der Waals surface area contributed by atoms with Crippen molar-refractivity contribution in [3.63, 3.8) is 0 Å². The summed E-state index contributed by atoms with van der Waals surface area (Å²) in [5, 5.41) is 0. The molecule has 0 aromatic carbocycles. The Bertz CT molecular complexity index is 213. The van der Waals surface area contributed by atoms with Gasteiger partial charge in [-0.2, -0.15) is 0 Å². The number of amides is 1. The highest BCUT2D eigenvalue weighted by Gasteiger charge is 2.25.